The molecule has 0 aromatic heterocycles. The molecule has 0 bridgehead atoms. The monoisotopic (exact) mass is 416 g/mol. The van der Waals surface area contributed by atoms with Crippen LogP contribution in [-0.4, -0.2) is 36.2 Å². The number of rotatable bonds is 8. The molecule has 1 saturated heterocycles. The Morgan fingerprint density at radius 1 is 1.11 bits per heavy atom. The quantitative estimate of drug-likeness (QED) is 0.620. The number of nitrogens with zero attached hydrogens (tertiary/aromatic N) is 1. The molecule has 1 aliphatic heterocycles. The molecule has 3 rings (SSSR count). The molecule has 1 amide bonds. The zero-order valence-electron chi connectivity index (χ0n) is 16.5. The maximum atomic E-state index is 12.4. The third kappa shape index (κ3) is 6.26. The molecule has 5 heteroatoms. The Kier molecular flexibility index (Phi) is 8.26. The molecule has 0 unspecified atom stereocenters. The van der Waals surface area contributed by atoms with Crippen LogP contribution in [0.3, 0.4) is 0 Å². The Morgan fingerprint density at radius 3 is 2.50 bits per heavy atom. The summed E-state index contributed by atoms with van der Waals surface area (Å²) in [6, 6.07) is 16.5. The average molecular weight is 417 g/mol. The molecule has 2 aromatic rings. The summed E-state index contributed by atoms with van der Waals surface area (Å²) >= 11 is 8.14. The second-order valence-corrected chi connectivity index (χ2v) is 8.92. The minimum atomic E-state index is 0.142. The molecule has 1 heterocycles. The van der Waals surface area contributed by atoms with Crippen LogP contribution in [0.15, 0.2) is 48.5 Å². The van der Waals surface area contributed by atoms with E-state index < -0.39 is 0 Å². The van der Waals surface area contributed by atoms with Crippen molar-refractivity contribution >= 4 is 29.3 Å². The maximum absolute atomic E-state index is 12.4. The third-order valence-corrected chi connectivity index (χ3v) is 6.75. The van der Waals surface area contributed by atoms with Crippen LogP contribution in [-0.2, 0) is 17.1 Å². The van der Waals surface area contributed by atoms with Crippen LogP contribution < -0.4 is 5.32 Å². The van der Waals surface area contributed by atoms with Crippen LogP contribution in [0.5, 0.6) is 0 Å². The molecule has 0 saturated carbocycles. The Hall–Kier alpha value is -1.49. The van der Waals surface area contributed by atoms with Gasteiger partial charge in [0.2, 0.25) is 5.91 Å². The van der Waals surface area contributed by atoms with Crippen molar-refractivity contribution in [3.8, 4) is 0 Å². The first kappa shape index (κ1) is 21.2. The van der Waals surface area contributed by atoms with Gasteiger partial charge in [0.05, 0.1) is 0 Å². The summed E-state index contributed by atoms with van der Waals surface area (Å²) in [6.07, 6.45) is 1.85. The van der Waals surface area contributed by atoms with E-state index in [1.165, 1.54) is 11.1 Å². The predicted octanol–water partition coefficient (Wildman–Crippen LogP) is 4.91. The number of halogens is 1. The van der Waals surface area contributed by atoms with Crippen molar-refractivity contribution in [2.45, 2.75) is 32.1 Å². The van der Waals surface area contributed by atoms with Crippen molar-refractivity contribution in [3.05, 3.63) is 70.2 Å². The number of piperidine rings is 1. The topological polar surface area (TPSA) is 32.3 Å². The number of amides is 1. The van der Waals surface area contributed by atoms with Crippen LogP contribution in [0.25, 0.3) is 0 Å². The first-order valence-corrected chi connectivity index (χ1v) is 11.5. The van der Waals surface area contributed by atoms with Gasteiger partial charge in [0.1, 0.15) is 0 Å². The summed E-state index contributed by atoms with van der Waals surface area (Å²) < 4.78 is 0. The summed E-state index contributed by atoms with van der Waals surface area (Å²) in [4.78, 5) is 14.8. The summed E-state index contributed by atoms with van der Waals surface area (Å²) in [7, 11) is 0. The van der Waals surface area contributed by atoms with Gasteiger partial charge in [-0.15, -0.1) is 0 Å². The normalized spacial score (nSPS) is 15.5. The van der Waals surface area contributed by atoms with Gasteiger partial charge in [-0.1, -0.05) is 54.1 Å². The first-order chi connectivity index (χ1) is 13.6. The molecule has 3 nitrogen and oxygen atoms in total. The van der Waals surface area contributed by atoms with Crippen molar-refractivity contribution in [2.75, 3.05) is 25.4 Å². The molecular formula is C23H29ClN2OS. The van der Waals surface area contributed by atoms with E-state index in [0.717, 1.165) is 61.1 Å². The van der Waals surface area contributed by atoms with Crippen molar-refractivity contribution in [1.82, 2.24) is 10.2 Å². The number of likely N-dealkylation sites (tertiary alicyclic amines) is 1. The summed E-state index contributed by atoms with van der Waals surface area (Å²) in [5.41, 5.74) is 3.88. The van der Waals surface area contributed by atoms with Crippen LogP contribution in [0.2, 0.25) is 5.02 Å². The molecule has 0 radical (unpaired) electrons. The Labute approximate surface area is 177 Å². The fourth-order valence-corrected chi connectivity index (χ4v) is 4.70. The van der Waals surface area contributed by atoms with Gasteiger partial charge in [0, 0.05) is 35.5 Å². The fourth-order valence-electron chi connectivity index (χ4n) is 3.57. The van der Waals surface area contributed by atoms with Gasteiger partial charge >= 0.3 is 0 Å². The van der Waals surface area contributed by atoms with Crippen molar-refractivity contribution < 1.29 is 4.79 Å². The molecule has 1 aliphatic rings. The average Bonchev–Trinajstić information content (AvgIpc) is 2.71. The van der Waals surface area contributed by atoms with Crippen molar-refractivity contribution in [3.63, 3.8) is 0 Å². The van der Waals surface area contributed by atoms with Gasteiger partial charge < -0.3 is 5.32 Å². The molecule has 0 atom stereocenters. The van der Waals surface area contributed by atoms with Gasteiger partial charge in [-0.05, 0) is 55.6 Å². The van der Waals surface area contributed by atoms with E-state index in [-0.39, 0.29) is 11.8 Å². The predicted molar refractivity (Wildman–Crippen MR) is 120 cm³/mol. The molecule has 2 aromatic carbocycles. The Bertz CT molecular complexity index is 775. The van der Waals surface area contributed by atoms with Gasteiger partial charge in [-0.3, -0.25) is 9.69 Å². The van der Waals surface area contributed by atoms with Crippen LogP contribution in [0.4, 0.5) is 0 Å². The van der Waals surface area contributed by atoms with Crippen LogP contribution in [0.1, 0.15) is 29.5 Å². The molecule has 1 fully saturated rings. The molecule has 0 spiro atoms. The maximum Gasteiger partial charge on any atom is 0.223 e. The molecular weight excluding hydrogens is 388 g/mol. The largest absolute Gasteiger partial charge is 0.355 e. The van der Waals surface area contributed by atoms with Gasteiger partial charge in [0.15, 0.2) is 0 Å². The lowest BCUT2D eigenvalue weighted by Gasteiger charge is -2.31. The number of thioether (sulfide) groups is 1. The van der Waals surface area contributed by atoms with E-state index in [1.54, 1.807) is 0 Å². The summed E-state index contributed by atoms with van der Waals surface area (Å²) in [5, 5.41) is 3.95. The summed E-state index contributed by atoms with van der Waals surface area (Å²) in [6.45, 7) is 5.66. The lowest BCUT2D eigenvalue weighted by Crippen LogP contribution is -2.40. The molecule has 150 valence electrons. The van der Waals surface area contributed by atoms with E-state index in [1.807, 2.05) is 30.0 Å². The lowest BCUT2D eigenvalue weighted by molar-refractivity contribution is -0.126. The zero-order valence-corrected chi connectivity index (χ0v) is 18.1. The highest BCUT2D eigenvalue weighted by Crippen LogP contribution is 2.22. The second kappa shape index (κ2) is 10.9. The highest BCUT2D eigenvalue weighted by atomic mass is 35.5. The Morgan fingerprint density at radius 2 is 1.79 bits per heavy atom. The minimum absolute atomic E-state index is 0.142. The number of aryl methyl sites for hydroxylation is 1. The lowest BCUT2D eigenvalue weighted by atomic mass is 9.95. The zero-order chi connectivity index (χ0) is 19.8. The van der Waals surface area contributed by atoms with E-state index in [4.69, 9.17) is 11.6 Å². The van der Waals surface area contributed by atoms with Gasteiger partial charge in [-0.2, -0.15) is 11.8 Å². The molecule has 1 N–H and O–H groups in total. The Balaban J connectivity index is 1.32. The molecule has 28 heavy (non-hydrogen) atoms. The molecule has 0 aliphatic carbocycles. The first-order valence-electron chi connectivity index (χ1n) is 9.99. The number of nitrogens with one attached hydrogen (secondary N) is 1. The number of carbonyl (C=O) groups excluding carboxylic acids is 1. The summed E-state index contributed by atoms with van der Waals surface area (Å²) in [5.74, 6) is 2.31. The SMILES string of the molecule is Cc1ccccc1CSCCNC(=O)C1CCN(Cc2ccccc2Cl)CC1. The van der Waals surface area contributed by atoms with Gasteiger partial charge in [-0.25, -0.2) is 0 Å². The highest BCUT2D eigenvalue weighted by Gasteiger charge is 2.24. The van der Waals surface area contributed by atoms with Crippen LogP contribution >= 0.6 is 23.4 Å². The second-order valence-electron chi connectivity index (χ2n) is 7.41. The highest BCUT2D eigenvalue weighted by molar-refractivity contribution is 7.98. The fraction of sp³-hybridized carbons (Fsp3) is 0.435. The number of hydrogen-bond donors (Lipinski definition) is 1. The van der Waals surface area contributed by atoms with Crippen molar-refractivity contribution in [2.24, 2.45) is 5.92 Å². The van der Waals surface area contributed by atoms with E-state index in [2.05, 4.69) is 47.5 Å². The standard InChI is InChI=1S/C23H29ClN2OS/c1-18-6-2-3-8-21(18)17-28-15-12-25-23(27)19-10-13-26(14-11-19)16-20-7-4-5-9-22(20)24/h2-9,19H,10-17H2,1H3,(H,25,27). The van der Waals surface area contributed by atoms with E-state index >= 15 is 0 Å². The van der Waals surface area contributed by atoms with Crippen LogP contribution in [0, 0.1) is 12.8 Å². The van der Waals surface area contributed by atoms with Gasteiger partial charge in [0.25, 0.3) is 0 Å². The number of hydrogen-bond acceptors (Lipinski definition) is 3. The third-order valence-electron chi connectivity index (χ3n) is 5.37. The van der Waals surface area contributed by atoms with E-state index in [0.29, 0.717) is 0 Å². The van der Waals surface area contributed by atoms with E-state index in [9.17, 15) is 4.79 Å². The smallest absolute Gasteiger partial charge is 0.223 e. The minimum Gasteiger partial charge on any atom is -0.355 e. The number of carbonyl (C=O) groups is 1. The van der Waals surface area contributed by atoms with Crippen molar-refractivity contribution in [1.29, 1.82) is 0 Å². The number of benzene rings is 2.